The van der Waals surface area contributed by atoms with Crippen LogP contribution in [-0.4, -0.2) is 53.3 Å². The van der Waals surface area contributed by atoms with Crippen molar-refractivity contribution in [2.24, 2.45) is 5.73 Å². The Kier molecular flexibility index (Phi) is 6.84. The van der Waals surface area contributed by atoms with Crippen LogP contribution in [-0.2, 0) is 11.0 Å². The Morgan fingerprint density at radius 3 is 2.69 bits per heavy atom. The average Bonchev–Trinajstić information content (AvgIpc) is 3.54. The number of benzene rings is 1. The van der Waals surface area contributed by atoms with E-state index in [2.05, 4.69) is 15.6 Å². The van der Waals surface area contributed by atoms with Crippen LogP contribution in [0.4, 0.5) is 13.2 Å². The fraction of sp³-hybridized carbons (Fsp3) is 0.364. The van der Waals surface area contributed by atoms with Gasteiger partial charge in [-0.2, -0.15) is 13.2 Å². The molecule has 2 aromatic heterocycles. The molecule has 1 aliphatic heterocycles. The number of aromatic nitrogens is 1. The molecule has 3 atom stereocenters. The predicted molar refractivity (Wildman–Crippen MR) is 126 cm³/mol. The number of thiazole rings is 1. The highest BCUT2D eigenvalue weighted by Gasteiger charge is 2.38. The van der Waals surface area contributed by atoms with Gasteiger partial charge in [-0.25, -0.2) is 4.98 Å². The lowest BCUT2D eigenvalue weighted by Gasteiger charge is -2.22. The molecule has 3 amide bonds. The number of nitrogens with zero attached hydrogens (tertiary/aromatic N) is 2. The zero-order chi connectivity index (χ0) is 25.5. The minimum atomic E-state index is -4.47. The Morgan fingerprint density at radius 2 is 2.00 bits per heavy atom. The van der Waals surface area contributed by atoms with Crippen molar-refractivity contribution in [2.75, 3.05) is 13.6 Å². The summed E-state index contributed by atoms with van der Waals surface area (Å²) in [5.41, 5.74) is 5.48. The number of amides is 3. The summed E-state index contributed by atoms with van der Waals surface area (Å²) in [6, 6.07) is 3.30. The summed E-state index contributed by atoms with van der Waals surface area (Å²) >= 11 is 2.31. The Morgan fingerprint density at radius 1 is 1.26 bits per heavy atom. The van der Waals surface area contributed by atoms with Crippen LogP contribution in [0.15, 0.2) is 29.6 Å². The molecular weight excluding hydrogens is 503 g/mol. The number of rotatable bonds is 5. The van der Waals surface area contributed by atoms with Crippen molar-refractivity contribution in [3.05, 3.63) is 50.8 Å². The van der Waals surface area contributed by atoms with Gasteiger partial charge in [0, 0.05) is 29.7 Å². The first-order valence-corrected chi connectivity index (χ1v) is 12.3. The topological polar surface area (TPSA) is 117 Å². The fourth-order valence-corrected chi connectivity index (χ4v) is 5.81. The maximum atomic E-state index is 13.3. The Bertz CT molecular complexity index is 1290. The van der Waals surface area contributed by atoms with Crippen molar-refractivity contribution in [3.8, 4) is 0 Å². The lowest BCUT2D eigenvalue weighted by atomic mass is 10.1. The Labute approximate surface area is 206 Å². The van der Waals surface area contributed by atoms with Gasteiger partial charge in [-0.15, -0.1) is 22.7 Å². The molecule has 1 aliphatic rings. The van der Waals surface area contributed by atoms with E-state index in [1.54, 1.807) is 17.2 Å². The molecule has 1 aromatic carbocycles. The van der Waals surface area contributed by atoms with E-state index < -0.39 is 29.7 Å². The van der Waals surface area contributed by atoms with E-state index in [0.717, 1.165) is 23.5 Å². The number of alkyl halides is 3. The molecule has 35 heavy (non-hydrogen) atoms. The minimum Gasteiger partial charge on any atom is -0.357 e. The summed E-state index contributed by atoms with van der Waals surface area (Å²) in [7, 11) is 1.46. The summed E-state index contributed by atoms with van der Waals surface area (Å²) in [4.78, 5) is 43.7. The van der Waals surface area contributed by atoms with Crippen molar-refractivity contribution in [1.29, 1.82) is 0 Å². The zero-order valence-corrected chi connectivity index (χ0v) is 20.3. The second kappa shape index (κ2) is 9.55. The van der Waals surface area contributed by atoms with Crippen molar-refractivity contribution in [1.82, 2.24) is 20.5 Å². The molecule has 1 saturated heterocycles. The van der Waals surface area contributed by atoms with E-state index in [1.807, 2.05) is 0 Å². The molecule has 3 heterocycles. The summed E-state index contributed by atoms with van der Waals surface area (Å²) in [6.45, 7) is 1.80. The van der Waals surface area contributed by atoms with Crippen LogP contribution in [0.3, 0.4) is 0 Å². The van der Waals surface area contributed by atoms with Gasteiger partial charge < -0.3 is 21.3 Å². The van der Waals surface area contributed by atoms with Crippen molar-refractivity contribution < 1.29 is 27.6 Å². The van der Waals surface area contributed by atoms with Crippen LogP contribution < -0.4 is 16.4 Å². The van der Waals surface area contributed by atoms with Gasteiger partial charge >= 0.3 is 6.18 Å². The second-order valence-corrected chi connectivity index (χ2v) is 10.2. The van der Waals surface area contributed by atoms with Gasteiger partial charge in [-0.1, -0.05) is 0 Å². The molecule has 0 saturated carbocycles. The number of fused-ring (bicyclic) bond motifs is 1. The van der Waals surface area contributed by atoms with Crippen LogP contribution in [0.25, 0.3) is 10.1 Å². The largest absolute Gasteiger partial charge is 0.416 e. The second-order valence-electron chi connectivity index (χ2n) is 8.21. The number of likely N-dealkylation sites (tertiary alicyclic amines) is 1. The lowest BCUT2D eigenvalue weighted by molar-refractivity contribution is -0.137. The molecule has 0 bridgehead atoms. The molecule has 13 heteroatoms. The monoisotopic (exact) mass is 525 g/mol. The lowest BCUT2D eigenvalue weighted by Crippen LogP contribution is -2.43. The quantitative estimate of drug-likeness (QED) is 0.473. The third-order valence-electron chi connectivity index (χ3n) is 5.68. The average molecular weight is 526 g/mol. The number of likely N-dealkylation sites (N-methyl/N-ethyl adjacent to an activating group) is 1. The maximum Gasteiger partial charge on any atom is 0.416 e. The number of carbonyl (C=O) groups is 3. The highest BCUT2D eigenvalue weighted by molar-refractivity contribution is 7.20. The summed E-state index contributed by atoms with van der Waals surface area (Å²) in [5, 5.41) is 7.41. The number of carbonyl (C=O) groups excluding carboxylic acids is 3. The number of halogens is 3. The first-order valence-electron chi connectivity index (χ1n) is 10.6. The molecular formula is C22H22F3N5O3S2. The van der Waals surface area contributed by atoms with Gasteiger partial charge in [0.25, 0.3) is 11.8 Å². The number of hydrogen-bond donors (Lipinski definition) is 3. The third kappa shape index (κ3) is 5.16. The Balaban J connectivity index is 1.55. The molecule has 0 spiro atoms. The zero-order valence-electron chi connectivity index (χ0n) is 18.7. The van der Waals surface area contributed by atoms with Gasteiger partial charge in [0.2, 0.25) is 5.91 Å². The molecule has 4 N–H and O–H groups in total. The molecule has 186 valence electrons. The minimum absolute atomic E-state index is 0.121. The van der Waals surface area contributed by atoms with E-state index in [4.69, 9.17) is 5.73 Å². The van der Waals surface area contributed by atoms with Gasteiger partial charge in [-0.05, 0) is 43.0 Å². The molecule has 0 unspecified atom stereocenters. The van der Waals surface area contributed by atoms with E-state index in [1.165, 1.54) is 30.5 Å². The van der Waals surface area contributed by atoms with Crippen LogP contribution in [0.2, 0.25) is 0 Å². The fourth-order valence-electron chi connectivity index (χ4n) is 3.89. The number of nitrogens with one attached hydrogen (secondary N) is 2. The molecule has 8 nitrogen and oxygen atoms in total. The summed E-state index contributed by atoms with van der Waals surface area (Å²) in [5.74, 6) is -1.22. The normalized spacial score (nSPS) is 19.1. The van der Waals surface area contributed by atoms with Gasteiger partial charge in [0.15, 0.2) is 0 Å². The van der Waals surface area contributed by atoms with Gasteiger partial charge in [0.1, 0.15) is 16.7 Å². The van der Waals surface area contributed by atoms with E-state index >= 15 is 0 Å². The molecule has 3 aromatic rings. The standard InChI is InChI=1S/C22H22F3N5O3S2/c1-10(18(31)27-2)28-19(32)14-9-34-20(29-14)15-7-13(26)8-30(15)21(33)17-6-11-5-12(22(23,24)25)3-4-16(11)35-17/h3-6,9-10,13,15H,7-8,26H2,1-2H3,(H,27,31)(H,28,32)/t10-,13+,15-/m0/s1. The molecule has 1 fully saturated rings. The van der Waals surface area contributed by atoms with Gasteiger partial charge in [0.05, 0.1) is 16.5 Å². The van der Waals surface area contributed by atoms with E-state index in [9.17, 15) is 27.6 Å². The van der Waals surface area contributed by atoms with Crippen molar-refractivity contribution in [3.63, 3.8) is 0 Å². The number of hydrogen-bond acceptors (Lipinski definition) is 7. The Hall–Kier alpha value is -3.03. The van der Waals surface area contributed by atoms with Crippen molar-refractivity contribution in [2.45, 2.75) is 37.6 Å². The number of nitrogens with two attached hydrogens (primary N) is 1. The summed E-state index contributed by atoms with van der Waals surface area (Å²) in [6.07, 6.45) is -4.04. The van der Waals surface area contributed by atoms with E-state index in [0.29, 0.717) is 26.4 Å². The smallest absolute Gasteiger partial charge is 0.357 e. The highest BCUT2D eigenvalue weighted by Crippen LogP contribution is 2.38. The summed E-state index contributed by atoms with van der Waals surface area (Å²) < 4.78 is 39.7. The third-order valence-corrected chi connectivity index (χ3v) is 7.73. The van der Waals surface area contributed by atoms with Crippen LogP contribution in [0, 0.1) is 0 Å². The number of thiophene rings is 1. The maximum absolute atomic E-state index is 13.3. The first-order chi connectivity index (χ1) is 16.5. The van der Waals surface area contributed by atoms with Crippen LogP contribution in [0.5, 0.6) is 0 Å². The van der Waals surface area contributed by atoms with Crippen LogP contribution >= 0.6 is 22.7 Å². The van der Waals surface area contributed by atoms with Crippen LogP contribution in [0.1, 0.15) is 50.1 Å². The van der Waals surface area contributed by atoms with Gasteiger partial charge in [-0.3, -0.25) is 14.4 Å². The highest BCUT2D eigenvalue weighted by atomic mass is 32.1. The predicted octanol–water partition coefficient (Wildman–Crippen LogP) is 3.16. The first kappa shape index (κ1) is 25.1. The SMILES string of the molecule is CNC(=O)[C@H](C)NC(=O)c1csc([C@@H]2C[C@@H](N)CN2C(=O)c2cc3cc(C(F)(F)F)ccc3s2)n1. The van der Waals surface area contributed by atoms with E-state index in [-0.39, 0.29) is 30.1 Å². The molecule has 4 rings (SSSR count). The van der Waals surface area contributed by atoms with Crippen molar-refractivity contribution >= 4 is 50.5 Å². The molecule has 0 aliphatic carbocycles. The molecule has 0 radical (unpaired) electrons.